The second kappa shape index (κ2) is 9.98. The molecule has 3 aromatic heterocycles. The molecule has 0 saturated heterocycles. The second-order valence-corrected chi connectivity index (χ2v) is 10.9. The minimum atomic E-state index is 0.299. The third-order valence-electron chi connectivity index (χ3n) is 8.32. The molecule has 2 atom stereocenters. The number of rotatable bonds is 5. The number of aromatic amines is 2. The Morgan fingerprint density at radius 3 is 2.38 bits per heavy atom. The molecular formula is C32H37ClN4. The molecule has 2 aliphatic rings. The van der Waals surface area contributed by atoms with E-state index in [1.165, 1.54) is 22.3 Å². The average molecular weight is 513 g/mol. The number of nitrogens with zero attached hydrogens (tertiary/aromatic N) is 2. The maximum absolute atomic E-state index is 6.13. The maximum Gasteiger partial charge on any atom is 0.0687 e. The first-order chi connectivity index (χ1) is 17.8. The van der Waals surface area contributed by atoms with Gasteiger partial charge in [0.15, 0.2) is 0 Å². The van der Waals surface area contributed by atoms with Crippen LogP contribution in [0.1, 0.15) is 96.0 Å². The quantitative estimate of drug-likeness (QED) is 0.335. The Bertz CT molecular complexity index is 1580. The van der Waals surface area contributed by atoms with E-state index in [0.717, 1.165) is 75.2 Å². The van der Waals surface area contributed by atoms with Crippen LogP contribution in [0.3, 0.4) is 0 Å². The molecule has 5 heterocycles. The van der Waals surface area contributed by atoms with Crippen molar-refractivity contribution >= 4 is 51.4 Å². The molecular weight excluding hydrogens is 476 g/mol. The minimum Gasteiger partial charge on any atom is -0.355 e. The van der Waals surface area contributed by atoms with Gasteiger partial charge in [0, 0.05) is 56.7 Å². The Morgan fingerprint density at radius 1 is 0.946 bits per heavy atom. The van der Waals surface area contributed by atoms with Crippen molar-refractivity contribution in [1.82, 2.24) is 19.9 Å². The van der Waals surface area contributed by atoms with E-state index in [1.807, 2.05) is 6.08 Å². The lowest BCUT2D eigenvalue weighted by atomic mass is 9.86. The summed E-state index contributed by atoms with van der Waals surface area (Å²) in [6, 6.07) is 6.66. The Labute approximate surface area is 224 Å². The third kappa shape index (κ3) is 4.35. The van der Waals surface area contributed by atoms with Gasteiger partial charge in [-0.2, -0.15) is 0 Å². The summed E-state index contributed by atoms with van der Waals surface area (Å²) in [5.41, 5.74) is 15.9. The summed E-state index contributed by atoms with van der Waals surface area (Å²) in [5.74, 6) is 1.29. The van der Waals surface area contributed by atoms with Crippen molar-refractivity contribution < 1.29 is 0 Å². The fraction of sp³-hybridized carbons (Fsp3) is 0.375. The number of allylic oxidation sites excluding steroid dienone is 1. The first-order valence-corrected chi connectivity index (χ1v) is 13.9. The highest BCUT2D eigenvalue weighted by atomic mass is 35.5. The molecule has 0 radical (unpaired) electrons. The predicted molar refractivity (Wildman–Crippen MR) is 159 cm³/mol. The van der Waals surface area contributed by atoms with Gasteiger partial charge in [0.1, 0.15) is 0 Å². The van der Waals surface area contributed by atoms with E-state index in [-0.39, 0.29) is 0 Å². The van der Waals surface area contributed by atoms with Crippen LogP contribution < -0.4 is 0 Å². The van der Waals surface area contributed by atoms with Gasteiger partial charge in [-0.3, -0.25) is 4.98 Å². The molecule has 8 bridgehead atoms. The van der Waals surface area contributed by atoms with Gasteiger partial charge >= 0.3 is 0 Å². The monoisotopic (exact) mass is 512 g/mol. The lowest BCUT2D eigenvalue weighted by molar-refractivity contribution is 0.549. The molecule has 2 aliphatic heterocycles. The van der Waals surface area contributed by atoms with Crippen LogP contribution in [0.25, 0.3) is 39.8 Å². The number of alkyl halides is 1. The Hall–Kier alpha value is -3.11. The van der Waals surface area contributed by atoms with Crippen LogP contribution in [0, 0.1) is 20.8 Å². The summed E-state index contributed by atoms with van der Waals surface area (Å²) in [6.45, 7) is 17.3. The molecule has 0 fully saturated rings. The number of nitrogens with one attached hydrogen (secondary N) is 2. The van der Waals surface area contributed by atoms with Crippen LogP contribution in [-0.2, 0) is 6.42 Å². The number of hydrogen-bond donors (Lipinski definition) is 2. The molecule has 192 valence electrons. The fourth-order valence-electron chi connectivity index (χ4n) is 5.98. The summed E-state index contributed by atoms with van der Waals surface area (Å²) in [7, 11) is 0. The smallest absolute Gasteiger partial charge is 0.0687 e. The molecule has 37 heavy (non-hydrogen) atoms. The van der Waals surface area contributed by atoms with Crippen molar-refractivity contribution in [3.63, 3.8) is 0 Å². The molecule has 4 nitrogen and oxygen atoms in total. The molecule has 0 aromatic carbocycles. The highest BCUT2D eigenvalue weighted by molar-refractivity contribution is 6.17. The zero-order valence-electron chi connectivity index (χ0n) is 22.8. The standard InChI is InChI=1S/C32H37ClN4/c1-8-22-19(5)28-16-31-23(9-2)18(4)27(35-31)15-29-20(6)24(11-10-12-33)32(37-29)21(7)26-13-17(3)25(34-26)14-30(22)36-28/h9,13-16,20,24,35-36H,2,8,10-12H2,1,3-7H3/t20-,24-/m0/s1. The van der Waals surface area contributed by atoms with E-state index in [1.54, 1.807) is 0 Å². The van der Waals surface area contributed by atoms with Gasteiger partial charge in [-0.05, 0) is 99.1 Å². The van der Waals surface area contributed by atoms with Crippen LogP contribution >= 0.6 is 11.6 Å². The second-order valence-electron chi connectivity index (χ2n) is 10.5. The summed E-state index contributed by atoms with van der Waals surface area (Å²) in [4.78, 5) is 17.7. The maximum atomic E-state index is 6.13. The average Bonchev–Trinajstić information content (AvgIpc) is 3.57. The van der Waals surface area contributed by atoms with Crippen molar-refractivity contribution in [2.24, 2.45) is 0 Å². The summed E-state index contributed by atoms with van der Waals surface area (Å²) < 4.78 is 0. The van der Waals surface area contributed by atoms with Crippen LogP contribution in [0.15, 0.2) is 24.8 Å². The van der Waals surface area contributed by atoms with Gasteiger partial charge in [-0.1, -0.05) is 26.5 Å². The van der Waals surface area contributed by atoms with E-state index in [0.29, 0.717) is 17.7 Å². The topological polar surface area (TPSA) is 57.4 Å². The number of aryl methyl sites for hydroxylation is 3. The predicted octanol–water partition coefficient (Wildman–Crippen LogP) is 8.91. The van der Waals surface area contributed by atoms with Crippen molar-refractivity contribution in [3.05, 3.63) is 75.4 Å². The molecule has 5 rings (SSSR count). The molecule has 0 amide bonds. The van der Waals surface area contributed by atoms with Crippen molar-refractivity contribution in [2.45, 2.75) is 72.6 Å². The number of fused-ring (bicyclic) bond motifs is 8. The normalized spacial score (nSPS) is 17.2. The van der Waals surface area contributed by atoms with E-state index in [2.05, 4.69) is 82.4 Å². The van der Waals surface area contributed by atoms with Crippen LogP contribution in [0.4, 0.5) is 0 Å². The Balaban J connectivity index is 1.94. The molecule has 0 saturated carbocycles. The number of hydrogen-bond acceptors (Lipinski definition) is 2. The van der Waals surface area contributed by atoms with Crippen molar-refractivity contribution in [1.29, 1.82) is 0 Å². The molecule has 0 unspecified atom stereocenters. The van der Waals surface area contributed by atoms with E-state index >= 15 is 0 Å². The number of halogens is 1. The van der Waals surface area contributed by atoms with Gasteiger partial charge in [0.25, 0.3) is 0 Å². The minimum absolute atomic E-state index is 0.299. The largest absolute Gasteiger partial charge is 0.355 e. The SMILES string of the molecule is C=Cc1c(C)c2cc3nc(c(C)c4nc(cc5[nH]c(cc1[nH]2)c(C)c5CC)C(C)=C4)[C@@H](CCCCl)[C@@H]3C. The highest BCUT2D eigenvalue weighted by Crippen LogP contribution is 2.42. The lowest BCUT2D eigenvalue weighted by Crippen LogP contribution is -2.04. The molecule has 3 aromatic rings. The van der Waals surface area contributed by atoms with Gasteiger partial charge < -0.3 is 9.97 Å². The van der Waals surface area contributed by atoms with E-state index in [4.69, 9.17) is 21.6 Å². The van der Waals surface area contributed by atoms with Crippen LogP contribution in [-0.4, -0.2) is 25.8 Å². The lowest BCUT2D eigenvalue weighted by Gasteiger charge is -2.16. The summed E-state index contributed by atoms with van der Waals surface area (Å²) in [5, 5.41) is 0. The molecule has 5 heteroatoms. The van der Waals surface area contributed by atoms with Crippen molar-refractivity contribution in [2.75, 3.05) is 5.88 Å². The van der Waals surface area contributed by atoms with E-state index in [9.17, 15) is 0 Å². The third-order valence-corrected chi connectivity index (χ3v) is 8.59. The number of H-pyrrole nitrogens is 2. The highest BCUT2D eigenvalue weighted by Gasteiger charge is 2.30. The molecule has 0 spiro atoms. The molecule has 2 N–H and O–H groups in total. The Morgan fingerprint density at radius 2 is 1.68 bits per heavy atom. The molecule has 0 aliphatic carbocycles. The zero-order chi connectivity index (χ0) is 26.4. The van der Waals surface area contributed by atoms with E-state index < -0.39 is 0 Å². The van der Waals surface area contributed by atoms with Crippen LogP contribution in [0.5, 0.6) is 0 Å². The zero-order valence-corrected chi connectivity index (χ0v) is 23.6. The van der Waals surface area contributed by atoms with Crippen LogP contribution in [0.2, 0.25) is 0 Å². The van der Waals surface area contributed by atoms with Gasteiger partial charge in [-0.25, -0.2) is 4.98 Å². The first kappa shape index (κ1) is 25.5. The van der Waals surface area contributed by atoms with Gasteiger partial charge in [0.05, 0.1) is 11.4 Å². The first-order valence-electron chi connectivity index (χ1n) is 13.4. The Kier molecular flexibility index (Phi) is 6.89. The summed E-state index contributed by atoms with van der Waals surface area (Å²) in [6.07, 6.45) is 7.09. The van der Waals surface area contributed by atoms with Gasteiger partial charge in [-0.15, -0.1) is 11.6 Å². The number of aromatic nitrogens is 4. The van der Waals surface area contributed by atoms with Crippen molar-refractivity contribution in [3.8, 4) is 0 Å². The summed E-state index contributed by atoms with van der Waals surface area (Å²) >= 11 is 6.13. The fourth-order valence-corrected chi connectivity index (χ4v) is 6.13. The van der Waals surface area contributed by atoms with Gasteiger partial charge in [0.2, 0.25) is 0 Å².